The highest BCUT2D eigenvalue weighted by atomic mass is 16.6. The zero-order valence-electron chi connectivity index (χ0n) is 33.7. The first kappa shape index (κ1) is 41.7. The highest BCUT2D eigenvalue weighted by Crippen LogP contribution is 2.44. The van der Waals surface area contributed by atoms with Gasteiger partial charge in [-0.25, -0.2) is 9.59 Å². The van der Waals surface area contributed by atoms with Crippen molar-refractivity contribution in [3.8, 4) is 11.1 Å². The first-order valence-electron chi connectivity index (χ1n) is 20.6. The number of carbonyl (C=O) groups is 4. The number of allylic oxidation sites excluding steroid dienone is 2. The number of aromatic amines is 1. The number of alkyl carbamates (subject to hydrolysis) is 1. The first-order chi connectivity index (χ1) is 29.3. The molecule has 4 aromatic carbocycles. The lowest BCUT2D eigenvalue weighted by molar-refractivity contribution is -0.147. The Hall–Kier alpha value is -6.46. The Morgan fingerprint density at radius 3 is 2.25 bits per heavy atom. The van der Waals surface area contributed by atoms with E-state index >= 15 is 0 Å². The van der Waals surface area contributed by atoms with Crippen molar-refractivity contribution in [1.29, 1.82) is 0 Å². The van der Waals surface area contributed by atoms with Crippen LogP contribution in [0.15, 0.2) is 129 Å². The minimum absolute atomic E-state index is 0.0852. The maximum atomic E-state index is 14.1. The Morgan fingerprint density at radius 2 is 1.53 bits per heavy atom. The molecule has 4 atom stereocenters. The zero-order chi connectivity index (χ0) is 42.0. The first-order valence-corrected chi connectivity index (χ1v) is 20.6. The van der Waals surface area contributed by atoms with Crippen molar-refractivity contribution in [1.82, 2.24) is 20.5 Å². The lowest BCUT2D eigenvalue weighted by Crippen LogP contribution is -2.49. The molecule has 4 N–H and O–H groups in total. The molecule has 11 heteroatoms. The number of nitrogens with zero attached hydrogens (tertiary/aromatic N) is 1. The highest BCUT2D eigenvalue weighted by Gasteiger charge is 2.34. The number of H-pyrrole nitrogens is 1. The zero-order valence-corrected chi connectivity index (χ0v) is 33.7. The third-order valence-electron chi connectivity index (χ3n) is 11.6. The molecule has 1 aliphatic heterocycles. The molecule has 0 radical (unpaired) electrons. The van der Waals surface area contributed by atoms with Crippen molar-refractivity contribution in [2.24, 2.45) is 5.92 Å². The van der Waals surface area contributed by atoms with Crippen molar-refractivity contribution in [3.05, 3.63) is 156 Å². The Balaban J connectivity index is 1.02. The van der Waals surface area contributed by atoms with Gasteiger partial charge in [0.2, 0.25) is 11.8 Å². The van der Waals surface area contributed by atoms with Crippen molar-refractivity contribution in [3.63, 3.8) is 0 Å². The van der Waals surface area contributed by atoms with Crippen LogP contribution < -0.4 is 10.6 Å². The van der Waals surface area contributed by atoms with E-state index in [9.17, 15) is 24.3 Å². The summed E-state index contributed by atoms with van der Waals surface area (Å²) in [6.45, 7) is 7.67. The summed E-state index contributed by atoms with van der Waals surface area (Å²) in [5.41, 5.74) is 8.29. The number of rotatable bonds is 18. The molecule has 5 aromatic rings. The van der Waals surface area contributed by atoms with Crippen LogP contribution in [-0.2, 0) is 43.2 Å². The number of aliphatic hydroxyl groups is 1. The van der Waals surface area contributed by atoms with Crippen LogP contribution in [0.4, 0.5) is 4.79 Å². The minimum atomic E-state index is -1.04. The van der Waals surface area contributed by atoms with Crippen molar-refractivity contribution >= 4 is 34.8 Å². The number of esters is 1. The van der Waals surface area contributed by atoms with Gasteiger partial charge in [-0.15, -0.1) is 13.2 Å². The predicted molar refractivity (Wildman–Crippen MR) is 231 cm³/mol. The van der Waals surface area contributed by atoms with Gasteiger partial charge in [-0.1, -0.05) is 103 Å². The molecule has 1 aromatic heterocycles. The summed E-state index contributed by atoms with van der Waals surface area (Å²) in [7, 11) is 0. The minimum Gasteiger partial charge on any atom is -0.462 e. The number of ether oxygens (including phenoxy) is 2. The molecule has 0 fully saturated rings. The third-order valence-corrected chi connectivity index (χ3v) is 11.6. The van der Waals surface area contributed by atoms with Crippen LogP contribution in [0.25, 0.3) is 22.0 Å². The molecule has 310 valence electrons. The van der Waals surface area contributed by atoms with Crippen molar-refractivity contribution < 1.29 is 33.8 Å². The summed E-state index contributed by atoms with van der Waals surface area (Å²) < 4.78 is 11.6. The van der Waals surface area contributed by atoms with E-state index in [2.05, 4.69) is 40.9 Å². The van der Waals surface area contributed by atoms with Gasteiger partial charge in [-0.3, -0.25) is 9.59 Å². The molecular weight excluding hydrogens is 757 g/mol. The normalized spacial score (nSPS) is 15.8. The number of aliphatic hydroxyl groups excluding tert-OH is 1. The molecule has 4 unspecified atom stereocenters. The van der Waals surface area contributed by atoms with Gasteiger partial charge in [0.15, 0.2) is 0 Å². The lowest BCUT2D eigenvalue weighted by Gasteiger charge is -2.36. The molecule has 0 bridgehead atoms. The Morgan fingerprint density at radius 1 is 0.850 bits per heavy atom. The number of hydrogen-bond donors (Lipinski definition) is 4. The van der Waals surface area contributed by atoms with Gasteiger partial charge < -0.3 is 35.1 Å². The van der Waals surface area contributed by atoms with E-state index in [0.29, 0.717) is 25.8 Å². The van der Waals surface area contributed by atoms with Gasteiger partial charge in [0.05, 0.1) is 24.6 Å². The van der Waals surface area contributed by atoms with Gasteiger partial charge in [-0.2, -0.15) is 0 Å². The Bertz CT molecular complexity index is 2310. The summed E-state index contributed by atoms with van der Waals surface area (Å²) in [6, 6.07) is 29.6. The summed E-state index contributed by atoms with van der Waals surface area (Å²) in [5, 5.41) is 17.0. The maximum absolute atomic E-state index is 14.1. The van der Waals surface area contributed by atoms with Crippen LogP contribution in [0.3, 0.4) is 0 Å². The molecule has 3 amide bonds. The average Bonchev–Trinajstić information content (AvgIpc) is 3.83. The fourth-order valence-electron chi connectivity index (χ4n) is 8.49. The molecular formula is C49H52N4O7. The molecule has 0 saturated heterocycles. The maximum Gasteiger partial charge on any atom is 0.407 e. The fraction of sp³-hybridized carbons (Fsp3) is 0.306. The van der Waals surface area contributed by atoms with E-state index in [-0.39, 0.29) is 56.8 Å². The molecule has 11 nitrogen and oxygen atoms in total. The van der Waals surface area contributed by atoms with E-state index in [4.69, 9.17) is 9.47 Å². The van der Waals surface area contributed by atoms with Crippen molar-refractivity contribution in [2.75, 3.05) is 19.8 Å². The van der Waals surface area contributed by atoms with E-state index in [0.717, 1.165) is 49.8 Å². The van der Waals surface area contributed by atoms with Crippen molar-refractivity contribution in [2.45, 2.75) is 69.1 Å². The topological polar surface area (TPSA) is 150 Å². The molecule has 7 rings (SSSR count). The van der Waals surface area contributed by atoms with Crippen LogP contribution in [0.1, 0.15) is 59.4 Å². The van der Waals surface area contributed by atoms with Crippen LogP contribution in [0, 0.1) is 5.92 Å². The quantitative estimate of drug-likeness (QED) is 0.0543. The number of fused-ring (bicyclic) bond motifs is 5. The predicted octanol–water partition coefficient (Wildman–Crippen LogP) is 7.14. The SMILES string of the molecule is C=CCCC(NC(=O)OCC1c2ccccc2-c2ccccc21)C(=O)OCC(Cc1c[nH]c2ccccc12)NC(=O)C(CC=C)CC(=O)N1Cc2ccccc2CC1CO. The number of nitrogens with one attached hydrogen (secondary N) is 3. The Labute approximate surface area is 350 Å². The van der Waals surface area contributed by atoms with Gasteiger partial charge in [-0.05, 0) is 77.1 Å². The summed E-state index contributed by atoms with van der Waals surface area (Å²) >= 11 is 0. The number of aromatic nitrogens is 1. The van der Waals surface area contributed by atoms with Gasteiger partial charge >= 0.3 is 12.1 Å². The number of hydrogen-bond acceptors (Lipinski definition) is 7. The van der Waals surface area contributed by atoms with Gasteiger partial charge in [0, 0.05) is 36.0 Å². The van der Waals surface area contributed by atoms with Crippen LogP contribution in [0.2, 0.25) is 0 Å². The lowest BCUT2D eigenvalue weighted by atomic mass is 9.92. The third kappa shape index (κ3) is 9.53. The van der Waals surface area contributed by atoms with Crippen LogP contribution in [0.5, 0.6) is 0 Å². The second kappa shape index (κ2) is 19.5. The average molecular weight is 809 g/mol. The highest BCUT2D eigenvalue weighted by molar-refractivity contribution is 5.87. The number of carbonyl (C=O) groups excluding carboxylic acids is 4. The summed E-state index contributed by atoms with van der Waals surface area (Å²) in [6.07, 6.45) is 6.02. The summed E-state index contributed by atoms with van der Waals surface area (Å²) in [4.78, 5) is 59.9. The van der Waals surface area contributed by atoms with E-state index in [1.54, 1.807) is 17.1 Å². The molecule has 0 spiro atoms. The molecule has 1 aliphatic carbocycles. The molecule has 60 heavy (non-hydrogen) atoms. The largest absolute Gasteiger partial charge is 0.462 e. The van der Waals surface area contributed by atoms with Crippen LogP contribution in [-0.4, -0.2) is 76.8 Å². The summed E-state index contributed by atoms with van der Waals surface area (Å²) in [5.74, 6) is -2.22. The smallest absolute Gasteiger partial charge is 0.407 e. The van der Waals surface area contributed by atoms with E-state index in [1.807, 2.05) is 91.1 Å². The van der Waals surface area contributed by atoms with E-state index in [1.165, 1.54) is 0 Å². The van der Waals surface area contributed by atoms with E-state index < -0.39 is 36.1 Å². The number of benzene rings is 4. The second-order valence-corrected chi connectivity index (χ2v) is 15.5. The monoisotopic (exact) mass is 808 g/mol. The fourth-order valence-corrected chi connectivity index (χ4v) is 8.49. The second-order valence-electron chi connectivity index (χ2n) is 15.5. The van der Waals surface area contributed by atoms with Gasteiger partial charge in [0.1, 0.15) is 19.3 Å². The van der Waals surface area contributed by atoms with Crippen LogP contribution >= 0.6 is 0 Å². The molecule has 2 aliphatic rings. The molecule has 2 heterocycles. The standard InChI is InChI=1S/C49H52N4O7/c1-3-5-22-45(52-49(58)60-31-43-41-20-10-8-18-39(41)40-19-9-11-21-42(40)43)48(57)59-30-36(24-35-27-50-44-23-13-12-17-38(35)44)51-47(56)33(14-4-2)26-46(55)53-28-34-16-7-6-15-32(34)25-37(53)29-54/h3-4,6-13,15-21,23,27,33,36-37,43,45,50,54H,1-2,5,14,22,24-26,28-31H2,(H,51,56)(H,52,58). The van der Waals surface area contributed by atoms with Gasteiger partial charge in [0.25, 0.3) is 0 Å². The molecule has 0 saturated carbocycles. The number of para-hydroxylation sites is 1. The Kier molecular flexibility index (Phi) is 13.6. The number of amides is 3.